The van der Waals surface area contributed by atoms with E-state index in [9.17, 15) is 22.8 Å². The summed E-state index contributed by atoms with van der Waals surface area (Å²) in [5, 5.41) is 5.38. The number of hydrogen-bond donors (Lipinski definition) is 4. The first-order valence-corrected chi connectivity index (χ1v) is 14.1. The zero-order valence-corrected chi connectivity index (χ0v) is 23.0. The Morgan fingerprint density at radius 1 is 1.05 bits per heavy atom. The van der Waals surface area contributed by atoms with E-state index in [0.717, 1.165) is 16.7 Å². The quantitative estimate of drug-likeness (QED) is 0.337. The predicted octanol–water partition coefficient (Wildman–Crippen LogP) is 2.33. The lowest BCUT2D eigenvalue weighted by molar-refractivity contribution is -0.135. The maximum Gasteiger partial charge on any atom is 0.408 e. The molecule has 212 valence electrons. The minimum absolute atomic E-state index is 0.114. The van der Waals surface area contributed by atoms with Crippen LogP contribution in [0.1, 0.15) is 44.7 Å². The van der Waals surface area contributed by atoms with Gasteiger partial charge in [-0.05, 0) is 43.0 Å². The SMILES string of the molecule is CC(C)(C)OC(=O)NC1(C(=O)N[C@@H](Cc2ccc(-c3cccc(CS(=O)(=O)O)c3)cc2)C(N)=O)CCOCC1. The number of hydrogen-bond acceptors (Lipinski definition) is 7. The molecule has 0 radical (unpaired) electrons. The fraction of sp³-hybridized carbons (Fsp3) is 0.444. The topological polar surface area (TPSA) is 174 Å². The van der Waals surface area contributed by atoms with Crippen LogP contribution in [0.3, 0.4) is 0 Å². The van der Waals surface area contributed by atoms with Gasteiger partial charge in [0, 0.05) is 32.5 Å². The maximum absolute atomic E-state index is 13.4. The Bertz CT molecular complexity index is 1300. The van der Waals surface area contributed by atoms with Crippen LogP contribution in [0.15, 0.2) is 48.5 Å². The van der Waals surface area contributed by atoms with Crippen molar-refractivity contribution in [1.82, 2.24) is 10.6 Å². The van der Waals surface area contributed by atoms with Gasteiger partial charge in [-0.1, -0.05) is 48.5 Å². The van der Waals surface area contributed by atoms with Crippen LogP contribution < -0.4 is 16.4 Å². The molecule has 5 N–H and O–H groups in total. The highest BCUT2D eigenvalue weighted by Crippen LogP contribution is 2.24. The molecule has 0 spiro atoms. The first-order valence-electron chi connectivity index (χ1n) is 12.5. The molecule has 1 fully saturated rings. The van der Waals surface area contributed by atoms with Crippen molar-refractivity contribution >= 4 is 28.0 Å². The Morgan fingerprint density at radius 3 is 2.26 bits per heavy atom. The van der Waals surface area contributed by atoms with Crippen LogP contribution in [-0.2, 0) is 41.4 Å². The summed E-state index contributed by atoms with van der Waals surface area (Å²) in [7, 11) is -4.16. The van der Waals surface area contributed by atoms with Crippen molar-refractivity contribution in [1.29, 1.82) is 0 Å². The van der Waals surface area contributed by atoms with E-state index in [1.807, 2.05) is 0 Å². The standard InChI is InChI=1S/C27H35N3O8S/c1-26(2,3)38-25(33)30-27(11-13-37-14-12-27)24(32)29-22(23(28)31)16-18-7-9-20(10-8-18)21-6-4-5-19(15-21)17-39(34,35)36/h4-10,15,22H,11-14,16-17H2,1-3H3,(H2,28,31)(H,29,32)(H,30,33)(H,34,35,36)/t22-/m0/s1. The Kier molecular flexibility index (Phi) is 9.36. The van der Waals surface area contributed by atoms with Gasteiger partial charge >= 0.3 is 6.09 Å². The molecule has 1 atom stereocenters. The lowest BCUT2D eigenvalue weighted by Crippen LogP contribution is -2.64. The van der Waals surface area contributed by atoms with Gasteiger partial charge in [0.2, 0.25) is 11.8 Å². The third-order valence-corrected chi connectivity index (χ3v) is 6.87. The van der Waals surface area contributed by atoms with Crippen molar-refractivity contribution in [2.75, 3.05) is 13.2 Å². The molecule has 0 aromatic heterocycles. The minimum Gasteiger partial charge on any atom is -0.444 e. The number of nitrogens with two attached hydrogens (primary N) is 1. The first kappa shape index (κ1) is 30.1. The van der Waals surface area contributed by atoms with Crippen LogP contribution in [0.5, 0.6) is 0 Å². The average molecular weight is 562 g/mol. The zero-order chi connectivity index (χ0) is 28.8. The Morgan fingerprint density at radius 2 is 1.69 bits per heavy atom. The second kappa shape index (κ2) is 12.1. The average Bonchev–Trinajstić information content (AvgIpc) is 2.82. The van der Waals surface area contributed by atoms with Gasteiger partial charge in [-0.3, -0.25) is 14.1 Å². The van der Waals surface area contributed by atoms with E-state index in [1.54, 1.807) is 69.3 Å². The molecule has 3 amide bonds. The molecule has 0 bridgehead atoms. The van der Waals surface area contributed by atoms with E-state index in [1.165, 1.54) is 0 Å². The van der Waals surface area contributed by atoms with E-state index in [0.29, 0.717) is 5.56 Å². The summed E-state index contributed by atoms with van der Waals surface area (Å²) in [5.74, 6) is -1.77. The van der Waals surface area contributed by atoms with E-state index in [-0.39, 0.29) is 32.5 Å². The van der Waals surface area contributed by atoms with Crippen molar-refractivity contribution in [2.24, 2.45) is 5.73 Å². The highest BCUT2D eigenvalue weighted by Gasteiger charge is 2.43. The highest BCUT2D eigenvalue weighted by molar-refractivity contribution is 7.85. The van der Waals surface area contributed by atoms with Gasteiger partial charge < -0.3 is 25.8 Å². The lowest BCUT2D eigenvalue weighted by atomic mass is 9.88. The van der Waals surface area contributed by atoms with Gasteiger partial charge in [-0.25, -0.2) is 4.79 Å². The third kappa shape index (κ3) is 9.05. The van der Waals surface area contributed by atoms with Crippen molar-refractivity contribution < 1.29 is 36.8 Å². The number of primary amides is 1. The second-order valence-corrected chi connectivity index (χ2v) is 12.0. The highest BCUT2D eigenvalue weighted by atomic mass is 32.2. The van der Waals surface area contributed by atoms with Gasteiger partial charge in [0.05, 0.1) is 0 Å². The van der Waals surface area contributed by atoms with Crippen LogP contribution >= 0.6 is 0 Å². The Hall–Kier alpha value is -3.48. The third-order valence-electron chi connectivity index (χ3n) is 6.17. The molecule has 2 aromatic carbocycles. The number of ether oxygens (including phenoxy) is 2. The van der Waals surface area contributed by atoms with Gasteiger partial charge in [0.15, 0.2) is 0 Å². The summed E-state index contributed by atoms with van der Waals surface area (Å²) < 4.78 is 42.3. The summed E-state index contributed by atoms with van der Waals surface area (Å²) in [5.41, 5.74) is 6.25. The van der Waals surface area contributed by atoms with E-state index in [2.05, 4.69) is 10.6 Å². The maximum atomic E-state index is 13.4. The molecule has 39 heavy (non-hydrogen) atoms. The molecule has 0 saturated carbocycles. The van der Waals surface area contributed by atoms with E-state index < -0.39 is 51.0 Å². The van der Waals surface area contributed by atoms with Gasteiger partial charge in [-0.2, -0.15) is 8.42 Å². The van der Waals surface area contributed by atoms with E-state index >= 15 is 0 Å². The zero-order valence-electron chi connectivity index (χ0n) is 22.2. The number of carbonyl (C=O) groups is 3. The largest absolute Gasteiger partial charge is 0.444 e. The van der Waals surface area contributed by atoms with Gasteiger partial charge in [0.1, 0.15) is 22.9 Å². The number of nitrogens with one attached hydrogen (secondary N) is 2. The normalized spacial score (nSPS) is 16.1. The molecular weight excluding hydrogens is 526 g/mol. The fourth-order valence-corrected chi connectivity index (χ4v) is 4.87. The Labute approximate surface area is 228 Å². The number of alkyl carbamates (subject to hydrolysis) is 1. The van der Waals surface area contributed by atoms with Crippen molar-refractivity contribution in [3.63, 3.8) is 0 Å². The fourth-order valence-electron chi connectivity index (χ4n) is 4.27. The van der Waals surface area contributed by atoms with E-state index in [4.69, 9.17) is 19.8 Å². The smallest absolute Gasteiger partial charge is 0.408 e. The van der Waals surface area contributed by atoms with Crippen molar-refractivity contribution in [3.8, 4) is 11.1 Å². The summed E-state index contributed by atoms with van der Waals surface area (Å²) in [4.78, 5) is 38.2. The summed E-state index contributed by atoms with van der Waals surface area (Å²) in [6.45, 7) is 5.64. The minimum atomic E-state index is -4.16. The molecule has 0 aliphatic carbocycles. The number of carbonyl (C=O) groups excluding carboxylic acids is 3. The number of benzene rings is 2. The van der Waals surface area contributed by atoms with Gasteiger partial charge in [0.25, 0.3) is 10.1 Å². The lowest BCUT2D eigenvalue weighted by Gasteiger charge is -2.37. The molecule has 1 heterocycles. The molecule has 1 aliphatic rings. The molecule has 1 saturated heterocycles. The molecule has 11 nitrogen and oxygen atoms in total. The summed E-state index contributed by atoms with van der Waals surface area (Å²) >= 11 is 0. The molecule has 12 heteroatoms. The number of rotatable bonds is 9. The monoisotopic (exact) mass is 561 g/mol. The molecular formula is C27H35N3O8S. The van der Waals surface area contributed by atoms with Crippen LogP contribution in [-0.4, -0.2) is 61.3 Å². The molecule has 2 aromatic rings. The molecule has 0 unspecified atom stereocenters. The second-order valence-electron chi connectivity index (χ2n) is 10.6. The van der Waals surface area contributed by atoms with Gasteiger partial charge in [-0.15, -0.1) is 0 Å². The van der Waals surface area contributed by atoms with Crippen LogP contribution in [0, 0.1) is 0 Å². The predicted molar refractivity (Wildman–Crippen MR) is 144 cm³/mol. The Balaban J connectivity index is 1.73. The summed E-state index contributed by atoms with van der Waals surface area (Å²) in [6, 6.07) is 12.9. The summed E-state index contributed by atoms with van der Waals surface area (Å²) in [6.07, 6.45) is -0.223. The van der Waals surface area contributed by atoms with Crippen LogP contribution in [0.2, 0.25) is 0 Å². The van der Waals surface area contributed by atoms with Crippen LogP contribution in [0.25, 0.3) is 11.1 Å². The van der Waals surface area contributed by atoms with Crippen molar-refractivity contribution in [3.05, 3.63) is 59.7 Å². The number of amides is 3. The molecule has 1 aliphatic heterocycles. The first-order chi connectivity index (χ1) is 18.2. The molecule has 3 rings (SSSR count). The van der Waals surface area contributed by atoms with Crippen LogP contribution in [0.4, 0.5) is 4.79 Å². The van der Waals surface area contributed by atoms with Crippen molar-refractivity contribution in [2.45, 2.75) is 63.0 Å².